The topological polar surface area (TPSA) is 63.2 Å². The van der Waals surface area contributed by atoms with Crippen LogP contribution in [0.5, 0.6) is 5.75 Å². The van der Waals surface area contributed by atoms with Crippen molar-refractivity contribution in [2.45, 2.75) is 20.3 Å². The summed E-state index contributed by atoms with van der Waals surface area (Å²) in [4.78, 5) is 16.6. The number of amides is 1. The Labute approximate surface area is 147 Å². The molecule has 1 aromatic heterocycles. The Bertz CT molecular complexity index is 704. The van der Waals surface area contributed by atoms with E-state index in [4.69, 9.17) is 16.3 Å². The Morgan fingerprint density at radius 3 is 2.75 bits per heavy atom. The van der Waals surface area contributed by atoms with E-state index in [1.807, 2.05) is 0 Å². The van der Waals surface area contributed by atoms with Gasteiger partial charge in [0.05, 0.1) is 12.1 Å². The molecule has 2 N–H and O–H groups in total. The highest BCUT2D eigenvalue weighted by Crippen LogP contribution is 2.27. The lowest BCUT2D eigenvalue weighted by Crippen LogP contribution is -2.13. The van der Waals surface area contributed by atoms with Gasteiger partial charge in [0.1, 0.15) is 11.6 Å². The van der Waals surface area contributed by atoms with Crippen molar-refractivity contribution in [3.8, 4) is 5.75 Å². The molecule has 0 bridgehead atoms. The van der Waals surface area contributed by atoms with Crippen LogP contribution in [0.25, 0.3) is 0 Å². The quantitative estimate of drug-likeness (QED) is 0.776. The van der Waals surface area contributed by atoms with Gasteiger partial charge in [-0.05, 0) is 42.7 Å². The molecule has 0 saturated heterocycles. The van der Waals surface area contributed by atoms with E-state index >= 15 is 0 Å². The highest BCUT2D eigenvalue weighted by molar-refractivity contribution is 6.32. The maximum atomic E-state index is 12.4. The van der Waals surface area contributed by atoms with Gasteiger partial charge in [0, 0.05) is 24.0 Å². The molecule has 0 saturated carbocycles. The number of carbonyl (C=O) groups excluding carboxylic acids is 1. The summed E-state index contributed by atoms with van der Waals surface area (Å²) >= 11 is 6.07. The molecule has 0 aliphatic rings. The van der Waals surface area contributed by atoms with Gasteiger partial charge in [-0.1, -0.05) is 25.4 Å². The van der Waals surface area contributed by atoms with E-state index in [0.717, 1.165) is 13.0 Å². The SMILES string of the molecule is COc1ccc(NC(=O)c2ccnc(NCCC(C)C)c2)cc1Cl. The van der Waals surface area contributed by atoms with Crippen LogP contribution in [-0.2, 0) is 0 Å². The van der Waals surface area contributed by atoms with E-state index in [-0.39, 0.29) is 5.91 Å². The maximum absolute atomic E-state index is 12.4. The number of anilines is 2. The molecule has 2 aromatic rings. The minimum absolute atomic E-state index is 0.217. The minimum Gasteiger partial charge on any atom is -0.495 e. The molecular weight excluding hydrogens is 326 g/mol. The van der Waals surface area contributed by atoms with Crippen molar-refractivity contribution in [1.29, 1.82) is 0 Å². The first-order chi connectivity index (χ1) is 11.5. The van der Waals surface area contributed by atoms with E-state index in [1.165, 1.54) is 0 Å². The first-order valence-corrected chi connectivity index (χ1v) is 8.22. The van der Waals surface area contributed by atoms with Crippen LogP contribution < -0.4 is 15.4 Å². The molecule has 1 aromatic carbocycles. The lowest BCUT2D eigenvalue weighted by Gasteiger charge is -2.10. The van der Waals surface area contributed by atoms with Crippen LogP contribution in [0.4, 0.5) is 11.5 Å². The average molecular weight is 348 g/mol. The monoisotopic (exact) mass is 347 g/mol. The fourth-order valence-corrected chi connectivity index (χ4v) is 2.36. The molecule has 2 rings (SSSR count). The number of ether oxygens (including phenoxy) is 1. The number of nitrogens with one attached hydrogen (secondary N) is 2. The predicted molar refractivity (Wildman–Crippen MR) is 98.1 cm³/mol. The molecule has 6 heteroatoms. The third-order valence-corrected chi connectivity index (χ3v) is 3.75. The first-order valence-electron chi connectivity index (χ1n) is 7.84. The molecule has 0 radical (unpaired) electrons. The van der Waals surface area contributed by atoms with E-state index in [1.54, 1.807) is 43.6 Å². The second-order valence-electron chi connectivity index (χ2n) is 5.84. The summed E-state index contributed by atoms with van der Waals surface area (Å²) in [5.41, 5.74) is 1.14. The zero-order valence-corrected chi connectivity index (χ0v) is 14.9. The van der Waals surface area contributed by atoms with Gasteiger partial charge >= 0.3 is 0 Å². The largest absolute Gasteiger partial charge is 0.495 e. The van der Waals surface area contributed by atoms with E-state index in [2.05, 4.69) is 29.5 Å². The normalized spacial score (nSPS) is 10.5. The molecule has 1 heterocycles. The van der Waals surface area contributed by atoms with Crippen molar-refractivity contribution in [3.05, 3.63) is 47.1 Å². The van der Waals surface area contributed by atoms with Gasteiger partial charge in [0.25, 0.3) is 5.91 Å². The zero-order chi connectivity index (χ0) is 17.5. The Balaban J connectivity index is 2.03. The fourth-order valence-electron chi connectivity index (χ4n) is 2.10. The number of aromatic nitrogens is 1. The molecule has 0 aliphatic carbocycles. The smallest absolute Gasteiger partial charge is 0.255 e. The fraction of sp³-hybridized carbons (Fsp3) is 0.333. The molecule has 24 heavy (non-hydrogen) atoms. The van der Waals surface area contributed by atoms with Crippen LogP contribution >= 0.6 is 11.6 Å². The minimum atomic E-state index is -0.217. The summed E-state index contributed by atoms with van der Waals surface area (Å²) < 4.78 is 5.10. The van der Waals surface area contributed by atoms with Crippen LogP contribution in [0.3, 0.4) is 0 Å². The number of nitrogens with zero attached hydrogens (tertiary/aromatic N) is 1. The van der Waals surface area contributed by atoms with Gasteiger partial charge in [0.2, 0.25) is 0 Å². The third kappa shape index (κ3) is 5.13. The van der Waals surface area contributed by atoms with Gasteiger partial charge in [-0.3, -0.25) is 4.79 Å². The van der Waals surface area contributed by atoms with Crippen molar-refractivity contribution >= 4 is 29.0 Å². The van der Waals surface area contributed by atoms with Crippen molar-refractivity contribution in [3.63, 3.8) is 0 Å². The zero-order valence-electron chi connectivity index (χ0n) is 14.1. The number of halogens is 1. The third-order valence-electron chi connectivity index (χ3n) is 3.46. The summed E-state index contributed by atoms with van der Waals surface area (Å²) in [6.45, 7) is 5.15. The Hall–Kier alpha value is -2.27. The molecule has 128 valence electrons. The van der Waals surface area contributed by atoms with Crippen molar-refractivity contribution < 1.29 is 9.53 Å². The average Bonchev–Trinajstić information content (AvgIpc) is 2.55. The number of methoxy groups -OCH3 is 1. The second kappa shape index (κ2) is 8.55. The summed E-state index contributed by atoms with van der Waals surface area (Å²) in [5.74, 6) is 1.65. The second-order valence-corrected chi connectivity index (χ2v) is 6.25. The van der Waals surface area contributed by atoms with Crippen LogP contribution in [0, 0.1) is 5.92 Å². The van der Waals surface area contributed by atoms with Gasteiger partial charge in [-0.25, -0.2) is 4.98 Å². The number of hydrogen-bond acceptors (Lipinski definition) is 4. The van der Waals surface area contributed by atoms with E-state index in [9.17, 15) is 4.79 Å². The Kier molecular flexibility index (Phi) is 6.44. The number of rotatable bonds is 7. The van der Waals surface area contributed by atoms with Gasteiger partial charge < -0.3 is 15.4 Å². The van der Waals surface area contributed by atoms with Gasteiger partial charge in [-0.2, -0.15) is 0 Å². The molecule has 0 atom stereocenters. The predicted octanol–water partition coefficient (Wildman–Crippen LogP) is 4.45. The summed E-state index contributed by atoms with van der Waals surface area (Å²) in [6.07, 6.45) is 2.66. The lowest BCUT2D eigenvalue weighted by atomic mass is 10.1. The molecule has 0 unspecified atom stereocenters. The lowest BCUT2D eigenvalue weighted by molar-refractivity contribution is 0.102. The van der Waals surface area contributed by atoms with Crippen LogP contribution in [0.2, 0.25) is 5.02 Å². The van der Waals surface area contributed by atoms with Gasteiger partial charge in [0.15, 0.2) is 0 Å². The van der Waals surface area contributed by atoms with E-state index < -0.39 is 0 Å². The Morgan fingerprint density at radius 1 is 1.29 bits per heavy atom. The van der Waals surface area contributed by atoms with Crippen molar-refractivity contribution in [2.24, 2.45) is 5.92 Å². The van der Waals surface area contributed by atoms with Crippen LogP contribution in [0.1, 0.15) is 30.6 Å². The molecular formula is C18H22ClN3O2. The Morgan fingerprint density at radius 2 is 2.08 bits per heavy atom. The number of pyridine rings is 1. The first kappa shape index (κ1) is 18.1. The molecule has 0 fully saturated rings. The van der Waals surface area contributed by atoms with Crippen molar-refractivity contribution in [2.75, 3.05) is 24.3 Å². The molecule has 5 nitrogen and oxygen atoms in total. The summed E-state index contributed by atoms with van der Waals surface area (Å²) in [5, 5.41) is 6.49. The summed E-state index contributed by atoms with van der Waals surface area (Å²) in [6, 6.07) is 8.52. The highest BCUT2D eigenvalue weighted by Gasteiger charge is 2.09. The highest BCUT2D eigenvalue weighted by atomic mass is 35.5. The molecule has 0 spiro atoms. The van der Waals surface area contributed by atoms with Crippen molar-refractivity contribution in [1.82, 2.24) is 4.98 Å². The number of carbonyl (C=O) groups is 1. The van der Waals surface area contributed by atoms with Crippen LogP contribution in [0.15, 0.2) is 36.5 Å². The van der Waals surface area contributed by atoms with Crippen LogP contribution in [-0.4, -0.2) is 24.5 Å². The maximum Gasteiger partial charge on any atom is 0.255 e. The molecule has 1 amide bonds. The molecule has 0 aliphatic heterocycles. The number of benzene rings is 1. The summed E-state index contributed by atoms with van der Waals surface area (Å²) in [7, 11) is 1.55. The van der Waals surface area contributed by atoms with Gasteiger partial charge in [-0.15, -0.1) is 0 Å². The van der Waals surface area contributed by atoms with E-state index in [0.29, 0.717) is 33.8 Å². The number of hydrogen-bond donors (Lipinski definition) is 2. The standard InChI is InChI=1S/C18H22ClN3O2/c1-12(2)6-8-20-17-10-13(7-9-21-17)18(23)22-14-4-5-16(24-3)15(19)11-14/h4-5,7,9-12H,6,8H2,1-3H3,(H,20,21)(H,22,23).